The maximum Gasteiger partial charge on any atom is 0.333 e. The molecule has 0 aliphatic carbocycles. The Kier molecular flexibility index (Phi) is 9.28. The number of fused-ring (bicyclic) bond motifs is 1. The van der Waals surface area contributed by atoms with Crippen LogP contribution in [0.5, 0.6) is 5.75 Å². The summed E-state index contributed by atoms with van der Waals surface area (Å²) in [5, 5.41) is 22.3. The molecule has 1 fully saturated rings. The summed E-state index contributed by atoms with van der Waals surface area (Å²) < 4.78 is 29.1. The lowest BCUT2D eigenvalue weighted by atomic mass is 9.97. The number of rotatable bonds is 12. The van der Waals surface area contributed by atoms with Gasteiger partial charge in [-0.25, -0.2) is 13.8 Å². The van der Waals surface area contributed by atoms with Crippen molar-refractivity contribution in [3.8, 4) is 10.8 Å². The van der Waals surface area contributed by atoms with Crippen LogP contribution in [0.25, 0.3) is 15.2 Å². The van der Waals surface area contributed by atoms with E-state index in [1.54, 1.807) is 33.8 Å². The standard InChI is InChI=1S/C31H39FN6O6S/c1-17(2)35-29(41)31(5,6)37-26(40)25-19(4)27(38-33-10-11-34-38)45-28(25)36(30(37)42)12-9-21-22(13-18(3)39)23(32)7-8-24(21)44-16-20-14-43-15-20/h7-8,10-11,17-18,20,39H,9,12-16H2,1-6H3,(H,35,41). The molecule has 0 bridgehead atoms. The maximum absolute atomic E-state index is 15.2. The van der Waals surface area contributed by atoms with E-state index in [9.17, 15) is 19.5 Å². The lowest BCUT2D eigenvalue weighted by Crippen LogP contribution is -2.56. The number of halogens is 1. The van der Waals surface area contributed by atoms with E-state index in [4.69, 9.17) is 9.47 Å². The second-order valence-corrected chi connectivity index (χ2v) is 13.3. The van der Waals surface area contributed by atoms with Crippen LogP contribution in [0.3, 0.4) is 0 Å². The predicted molar refractivity (Wildman–Crippen MR) is 168 cm³/mol. The molecule has 0 spiro atoms. The van der Waals surface area contributed by atoms with Gasteiger partial charge in [0.25, 0.3) is 5.56 Å². The summed E-state index contributed by atoms with van der Waals surface area (Å²) in [5.41, 5.74) is -1.44. The van der Waals surface area contributed by atoms with Crippen LogP contribution in [0.4, 0.5) is 4.39 Å². The number of thiophene rings is 1. The highest BCUT2D eigenvalue weighted by atomic mass is 32.1. The summed E-state index contributed by atoms with van der Waals surface area (Å²) in [5.74, 6) is -0.295. The number of nitrogens with zero attached hydrogens (tertiary/aromatic N) is 5. The number of aliphatic hydroxyl groups excluding tert-OH is 1. The number of aryl methyl sites for hydroxylation is 2. The van der Waals surface area contributed by atoms with E-state index in [0.717, 1.165) is 4.57 Å². The second kappa shape index (κ2) is 12.9. The quantitative estimate of drug-likeness (QED) is 0.240. The van der Waals surface area contributed by atoms with Crippen molar-refractivity contribution in [1.82, 2.24) is 29.4 Å². The molecule has 5 rings (SSSR count). The molecule has 1 aliphatic heterocycles. The van der Waals surface area contributed by atoms with Crippen molar-refractivity contribution >= 4 is 27.5 Å². The monoisotopic (exact) mass is 642 g/mol. The minimum atomic E-state index is -1.54. The fraction of sp³-hybridized carbons (Fsp3) is 0.516. The zero-order chi connectivity index (χ0) is 32.6. The van der Waals surface area contributed by atoms with Crippen LogP contribution in [0.2, 0.25) is 0 Å². The van der Waals surface area contributed by atoms with Gasteiger partial charge in [0.2, 0.25) is 5.91 Å². The first kappa shape index (κ1) is 32.5. The number of amides is 1. The molecule has 1 saturated heterocycles. The molecular weight excluding hydrogens is 603 g/mol. The number of hydrogen-bond acceptors (Lipinski definition) is 9. The van der Waals surface area contributed by atoms with Gasteiger partial charge in [-0.2, -0.15) is 10.2 Å². The highest BCUT2D eigenvalue weighted by Crippen LogP contribution is 2.32. The predicted octanol–water partition coefficient (Wildman–Crippen LogP) is 2.70. The Bertz CT molecular complexity index is 1820. The molecule has 3 aromatic heterocycles. The molecule has 14 heteroatoms. The van der Waals surface area contributed by atoms with E-state index in [0.29, 0.717) is 52.1 Å². The summed E-state index contributed by atoms with van der Waals surface area (Å²) in [6.07, 6.45) is 2.40. The van der Waals surface area contributed by atoms with E-state index in [1.165, 1.54) is 53.0 Å². The third kappa shape index (κ3) is 6.31. The molecule has 1 unspecified atom stereocenters. The normalized spacial score (nSPS) is 14.6. The molecular formula is C31H39FN6O6S. The highest BCUT2D eigenvalue weighted by Gasteiger charge is 2.36. The van der Waals surface area contributed by atoms with Gasteiger partial charge in [0.05, 0.1) is 43.7 Å². The molecule has 242 valence electrons. The minimum Gasteiger partial charge on any atom is -0.493 e. The fourth-order valence-corrected chi connectivity index (χ4v) is 6.69. The Morgan fingerprint density at radius 2 is 1.89 bits per heavy atom. The summed E-state index contributed by atoms with van der Waals surface area (Å²) in [6.45, 7) is 11.6. The van der Waals surface area contributed by atoms with Crippen molar-refractivity contribution in [2.75, 3.05) is 19.8 Å². The number of aliphatic hydroxyl groups is 1. The Hall–Kier alpha value is -3.88. The summed E-state index contributed by atoms with van der Waals surface area (Å²) in [7, 11) is 0. The first-order valence-corrected chi connectivity index (χ1v) is 15.8. The van der Waals surface area contributed by atoms with Crippen molar-refractivity contribution in [2.45, 2.75) is 78.6 Å². The lowest BCUT2D eigenvalue weighted by molar-refractivity contribution is -0.129. The molecule has 0 saturated carbocycles. The number of aromatic nitrogens is 5. The smallest absolute Gasteiger partial charge is 0.333 e. The van der Waals surface area contributed by atoms with Crippen molar-refractivity contribution in [1.29, 1.82) is 0 Å². The first-order chi connectivity index (χ1) is 21.3. The molecule has 1 atom stereocenters. The Labute approximate surface area is 263 Å². The number of hydrogen-bond donors (Lipinski definition) is 2. The van der Waals surface area contributed by atoms with Crippen LogP contribution >= 0.6 is 11.3 Å². The molecule has 1 amide bonds. The third-order valence-electron chi connectivity index (χ3n) is 7.92. The van der Waals surface area contributed by atoms with Gasteiger partial charge in [-0.15, -0.1) is 4.80 Å². The zero-order valence-electron chi connectivity index (χ0n) is 26.3. The van der Waals surface area contributed by atoms with Crippen LogP contribution < -0.4 is 21.3 Å². The Morgan fingerprint density at radius 3 is 2.49 bits per heavy atom. The van der Waals surface area contributed by atoms with Crippen LogP contribution in [0.1, 0.15) is 51.3 Å². The van der Waals surface area contributed by atoms with Crippen molar-refractivity contribution in [3.63, 3.8) is 0 Å². The average molecular weight is 643 g/mol. The number of nitrogens with one attached hydrogen (secondary N) is 1. The Morgan fingerprint density at radius 1 is 1.20 bits per heavy atom. The summed E-state index contributed by atoms with van der Waals surface area (Å²) >= 11 is 1.18. The van der Waals surface area contributed by atoms with Gasteiger partial charge >= 0.3 is 5.69 Å². The van der Waals surface area contributed by atoms with Gasteiger partial charge in [-0.05, 0) is 65.7 Å². The molecule has 2 N–H and O–H groups in total. The van der Waals surface area contributed by atoms with Crippen LogP contribution in [-0.4, -0.2) is 67.1 Å². The largest absolute Gasteiger partial charge is 0.493 e. The van der Waals surface area contributed by atoms with Gasteiger partial charge in [0.1, 0.15) is 26.9 Å². The van der Waals surface area contributed by atoms with E-state index >= 15 is 4.39 Å². The Balaban J connectivity index is 1.67. The van der Waals surface area contributed by atoms with Gasteiger partial charge in [0, 0.05) is 36.1 Å². The summed E-state index contributed by atoms with van der Waals surface area (Å²) in [6, 6.07) is 2.66. The molecule has 45 heavy (non-hydrogen) atoms. The molecule has 0 radical (unpaired) electrons. The van der Waals surface area contributed by atoms with Gasteiger partial charge in [-0.3, -0.25) is 14.2 Å². The number of carbonyl (C=O) groups is 1. The molecule has 12 nitrogen and oxygen atoms in total. The zero-order valence-corrected chi connectivity index (χ0v) is 27.1. The van der Waals surface area contributed by atoms with Gasteiger partial charge in [0.15, 0.2) is 0 Å². The average Bonchev–Trinajstić information content (AvgIpc) is 3.58. The topological polar surface area (TPSA) is 142 Å². The number of carbonyl (C=O) groups excluding carboxylic acids is 1. The van der Waals surface area contributed by atoms with Gasteiger partial charge in [-0.1, -0.05) is 11.3 Å². The number of benzene rings is 1. The van der Waals surface area contributed by atoms with E-state index in [-0.39, 0.29) is 36.7 Å². The van der Waals surface area contributed by atoms with Crippen LogP contribution in [0.15, 0.2) is 34.1 Å². The summed E-state index contributed by atoms with van der Waals surface area (Å²) in [4.78, 5) is 43.5. The molecule has 1 aromatic carbocycles. The lowest BCUT2D eigenvalue weighted by Gasteiger charge is -2.28. The van der Waals surface area contributed by atoms with E-state index in [2.05, 4.69) is 15.5 Å². The SMILES string of the molecule is Cc1c(-n2nccn2)sc2c1c(=O)n(C(C)(C)C(=O)NC(C)C)c(=O)n2CCc1c(OCC2COC2)ccc(F)c1CC(C)O. The molecule has 4 aromatic rings. The molecule has 4 heterocycles. The fourth-order valence-electron chi connectivity index (χ4n) is 5.46. The third-order valence-corrected chi connectivity index (χ3v) is 9.20. The van der Waals surface area contributed by atoms with E-state index in [1.807, 2.05) is 0 Å². The van der Waals surface area contributed by atoms with Gasteiger partial charge < -0.3 is 19.9 Å². The van der Waals surface area contributed by atoms with Crippen molar-refractivity contribution in [2.24, 2.45) is 5.92 Å². The van der Waals surface area contributed by atoms with Crippen LogP contribution in [0, 0.1) is 18.7 Å². The second-order valence-electron chi connectivity index (χ2n) is 12.3. The molecule has 1 aliphatic rings. The van der Waals surface area contributed by atoms with Crippen molar-refractivity contribution in [3.05, 3.63) is 67.9 Å². The highest BCUT2D eigenvalue weighted by molar-refractivity contribution is 7.21. The maximum atomic E-state index is 15.2. The van der Waals surface area contributed by atoms with Crippen LogP contribution in [-0.2, 0) is 34.5 Å². The van der Waals surface area contributed by atoms with Crippen molar-refractivity contribution < 1.29 is 23.8 Å². The first-order valence-electron chi connectivity index (χ1n) is 15.0. The minimum absolute atomic E-state index is 0.0303. The number of ether oxygens (including phenoxy) is 2. The van der Waals surface area contributed by atoms with E-state index < -0.39 is 34.6 Å².